The number of nitrogens with one attached hydrogen (secondary N) is 1. The van der Waals surface area contributed by atoms with E-state index < -0.39 is 0 Å². The van der Waals surface area contributed by atoms with Crippen molar-refractivity contribution in [3.63, 3.8) is 0 Å². The Bertz CT molecular complexity index is 906. The Balaban J connectivity index is 1.90. The summed E-state index contributed by atoms with van der Waals surface area (Å²) in [6, 6.07) is 17.0. The molecule has 0 aliphatic heterocycles. The first-order chi connectivity index (χ1) is 11.5. The van der Waals surface area contributed by atoms with Crippen molar-refractivity contribution in [3.05, 3.63) is 82.6 Å². The molecule has 0 aliphatic carbocycles. The van der Waals surface area contributed by atoms with E-state index in [1.165, 1.54) is 0 Å². The van der Waals surface area contributed by atoms with E-state index in [0.29, 0.717) is 16.3 Å². The second kappa shape index (κ2) is 6.85. The molecule has 24 heavy (non-hydrogen) atoms. The lowest BCUT2D eigenvalue weighted by Gasteiger charge is -2.10. The summed E-state index contributed by atoms with van der Waals surface area (Å²) in [7, 11) is 0. The van der Waals surface area contributed by atoms with Crippen LogP contribution in [0.5, 0.6) is 0 Å². The Morgan fingerprint density at radius 1 is 1.04 bits per heavy atom. The molecule has 120 valence electrons. The number of aryl methyl sites for hydroxylation is 2. The highest BCUT2D eigenvalue weighted by Gasteiger charge is 2.09. The largest absolute Gasteiger partial charge is 0.321 e. The fourth-order valence-electron chi connectivity index (χ4n) is 2.54. The molecule has 0 aliphatic rings. The van der Waals surface area contributed by atoms with Crippen molar-refractivity contribution >= 4 is 23.2 Å². The normalized spacial score (nSPS) is 10.5. The number of rotatable bonds is 3. The molecule has 0 bridgehead atoms. The Morgan fingerprint density at radius 3 is 2.58 bits per heavy atom. The zero-order valence-corrected chi connectivity index (χ0v) is 14.3. The van der Waals surface area contributed by atoms with Crippen LogP contribution in [0, 0.1) is 13.8 Å². The molecule has 3 aromatic rings. The van der Waals surface area contributed by atoms with Crippen LogP contribution < -0.4 is 5.32 Å². The number of carbonyl (C=O) groups is 1. The van der Waals surface area contributed by atoms with Gasteiger partial charge < -0.3 is 5.32 Å². The maximum absolute atomic E-state index is 12.4. The minimum Gasteiger partial charge on any atom is -0.321 e. The summed E-state index contributed by atoms with van der Waals surface area (Å²) in [5.41, 5.74) is 5.12. The van der Waals surface area contributed by atoms with Gasteiger partial charge in [0, 0.05) is 21.8 Å². The van der Waals surface area contributed by atoms with Gasteiger partial charge in [0.05, 0.1) is 11.9 Å². The Labute approximate surface area is 146 Å². The average Bonchev–Trinajstić information content (AvgIpc) is 2.56. The highest BCUT2D eigenvalue weighted by molar-refractivity contribution is 6.30. The third-order valence-electron chi connectivity index (χ3n) is 3.76. The highest BCUT2D eigenvalue weighted by Crippen LogP contribution is 2.27. The topological polar surface area (TPSA) is 42.0 Å². The summed E-state index contributed by atoms with van der Waals surface area (Å²) in [5.74, 6) is -0.151. The third kappa shape index (κ3) is 3.63. The molecule has 1 aromatic heterocycles. The summed E-state index contributed by atoms with van der Waals surface area (Å²) >= 11 is 6.08. The van der Waals surface area contributed by atoms with Crippen LogP contribution >= 0.6 is 11.6 Å². The van der Waals surface area contributed by atoms with Crippen LogP contribution in [0.1, 0.15) is 21.6 Å². The van der Waals surface area contributed by atoms with E-state index in [1.807, 2.05) is 62.4 Å². The summed E-state index contributed by atoms with van der Waals surface area (Å²) in [6.45, 7) is 3.89. The van der Waals surface area contributed by atoms with E-state index in [0.717, 1.165) is 22.4 Å². The van der Waals surface area contributed by atoms with Gasteiger partial charge >= 0.3 is 0 Å². The monoisotopic (exact) mass is 336 g/mol. The van der Waals surface area contributed by atoms with Gasteiger partial charge in [0.25, 0.3) is 5.91 Å². The van der Waals surface area contributed by atoms with Gasteiger partial charge in [0.1, 0.15) is 0 Å². The number of anilines is 1. The highest BCUT2D eigenvalue weighted by atomic mass is 35.5. The van der Waals surface area contributed by atoms with Gasteiger partial charge in [-0.05, 0) is 49.7 Å². The van der Waals surface area contributed by atoms with Crippen molar-refractivity contribution in [3.8, 4) is 11.1 Å². The van der Waals surface area contributed by atoms with Crippen LogP contribution in [-0.4, -0.2) is 10.9 Å². The van der Waals surface area contributed by atoms with Crippen LogP contribution in [-0.2, 0) is 0 Å². The van der Waals surface area contributed by atoms with Gasteiger partial charge in [-0.3, -0.25) is 9.78 Å². The van der Waals surface area contributed by atoms with Crippen LogP contribution in [0.25, 0.3) is 11.1 Å². The molecule has 1 amide bonds. The van der Waals surface area contributed by atoms with Crippen LogP contribution in [0.2, 0.25) is 5.02 Å². The number of aromatic nitrogens is 1. The minimum absolute atomic E-state index is 0.151. The molecule has 0 radical (unpaired) electrons. The van der Waals surface area contributed by atoms with Crippen LogP contribution in [0.4, 0.5) is 5.69 Å². The predicted octanol–water partition coefficient (Wildman–Crippen LogP) is 5.27. The molecule has 3 nitrogen and oxygen atoms in total. The Kier molecular flexibility index (Phi) is 4.63. The first kappa shape index (κ1) is 16.2. The lowest BCUT2D eigenvalue weighted by molar-refractivity contribution is 0.102. The molecule has 3 rings (SSSR count). The molecule has 0 unspecified atom stereocenters. The van der Waals surface area contributed by atoms with E-state index >= 15 is 0 Å². The number of amides is 1. The van der Waals surface area contributed by atoms with Gasteiger partial charge in [-0.15, -0.1) is 0 Å². The van der Waals surface area contributed by atoms with Gasteiger partial charge in [0.15, 0.2) is 0 Å². The van der Waals surface area contributed by atoms with Crippen molar-refractivity contribution in [2.24, 2.45) is 0 Å². The molecule has 1 N–H and O–H groups in total. The molecule has 0 atom stereocenters. The second-order valence-corrected chi connectivity index (χ2v) is 6.13. The van der Waals surface area contributed by atoms with Gasteiger partial charge in [-0.1, -0.05) is 41.4 Å². The van der Waals surface area contributed by atoms with E-state index in [-0.39, 0.29) is 5.91 Å². The molecule has 1 heterocycles. The first-order valence-corrected chi connectivity index (χ1v) is 8.01. The fourth-order valence-corrected chi connectivity index (χ4v) is 2.73. The van der Waals surface area contributed by atoms with Crippen molar-refractivity contribution < 1.29 is 4.79 Å². The zero-order valence-electron chi connectivity index (χ0n) is 13.5. The van der Waals surface area contributed by atoms with E-state index in [2.05, 4.69) is 10.3 Å². The summed E-state index contributed by atoms with van der Waals surface area (Å²) < 4.78 is 0. The van der Waals surface area contributed by atoms with Crippen LogP contribution in [0.15, 0.2) is 60.8 Å². The average molecular weight is 337 g/mol. The smallest absolute Gasteiger partial charge is 0.255 e. The minimum atomic E-state index is -0.151. The lowest BCUT2D eigenvalue weighted by atomic mass is 10.0. The molecule has 2 aromatic carbocycles. The number of pyridine rings is 1. The number of benzene rings is 2. The van der Waals surface area contributed by atoms with Crippen molar-refractivity contribution in [2.45, 2.75) is 13.8 Å². The molecular formula is C20H17ClN2O. The Hall–Kier alpha value is -2.65. The fraction of sp³-hybridized carbons (Fsp3) is 0.100. The third-order valence-corrected chi connectivity index (χ3v) is 4.00. The van der Waals surface area contributed by atoms with E-state index in [4.69, 9.17) is 11.6 Å². The molecule has 0 saturated heterocycles. The lowest BCUT2D eigenvalue weighted by Crippen LogP contribution is -2.12. The van der Waals surface area contributed by atoms with Crippen molar-refractivity contribution in [2.75, 3.05) is 5.32 Å². The number of carbonyl (C=O) groups excluding carboxylic acids is 1. The summed E-state index contributed by atoms with van der Waals surface area (Å²) in [6.07, 6.45) is 1.66. The number of nitrogens with zero attached hydrogens (tertiary/aromatic N) is 1. The number of halogens is 1. The zero-order chi connectivity index (χ0) is 17.1. The number of hydrogen-bond donors (Lipinski definition) is 1. The van der Waals surface area contributed by atoms with Gasteiger partial charge in [-0.25, -0.2) is 0 Å². The van der Waals surface area contributed by atoms with E-state index in [1.54, 1.807) is 12.3 Å². The quantitative estimate of drug-likeness (QED) is 0.707. The van der Waals surface area contributed by atoms with Gasteiger partial charge in [0.2, 0.25) is 0 Å². The maximum atomic E-state index is 12.4. The molecule has 0 saturated carbocycles. The van der Waals surface area contributed by atoms with Crippen LogP contribution in [0.3, 0.4) is 0 Å². The summed E-state index contributed by atoms with van der Waals surface area (Å²) in [4.78, 5) is 16.8. The first-order valence-electron chi connectivity index (χ1n) is 7.63. The SMILES string of the molecule is Cc1cccc(C(=O)Nc2cnc(C)c(-c3cccc(Cl)c3)c2)c1. The molecule has 0 spiro atoms. The van der Waals surface area contributed by atoms with Crippen molar-refractivity contribution in [1.29, 1.82) is 0 Å². The Morgan fingerprint density at radius 2 is 1.83 bits per heavy atom. The summed E-state index contributed by atoms with van der Waals surface area (Å²) in [5, 5.41) is 3.57. The second-order valence-electron chi connectivity index (χ2n) is 5.69. The van der Waals surface area contributed by atoms with E-state index in [9.17, 15) is 4.79 Å². The molecular weight excluding hydrogens is 320 g/mol. The number of hydrogen-bond acceptors (Lipinski definition) is 2. The van der Waals surface area contributed by atoms with Gasteiger partial charge in [-0.2, -0.15) is 0 Å². The molecule has 0 fully saturated rings. The van der Waals surface area contributed by atoms with Crippen molar-refractivity contribution in [1.82, 2.24) is 4.98 Å². The standard InChI is InChI=1S/C20H17ClN2O/c1-13-5-3-7-16(9-13)20(24)23-18-11-19(14(2)22-12-18)15-6-4-8-17(21)10-15/h3-12H,1-2H3,(H,23,24). The predicted molar refractivity (Wildman–Crippen MR) is 98.6 cm³/mol. The maximum Gasteiger partial charge on any atom is 0.255 e. The molecule has 4 heteroatoms.